The summed E-state index contributed by atoms with van der Waals surface area (Å²) in [4.78, 5) is 13.2. The molecular weight excluding hydrogens is 352 g/mol. The summed E-state index contributed by atoms with van der Waals surface area (Å²) in [5.74, 6) is 0. The van der Waals surface area contributed by atoms with Crippen LogP contribution in [0.25, 0.3) is 0 Å². The number of anilines is 2. The van der Waals surface area contributed by atoms with Gasteiger partial charge in [-0.3, -0.25) is 9.62 Å². The first-order chi connectivity index (χ1) is 12.2. The zero-order valence-corrected chi connectivity index (χ0v) is 15.8. The first kappa shape index (κ1) is 18.3. The van der Waals surface area contributed by atoms with Gasteiger partial charge in [-0.2, -0.15) is 0 Å². The van der Waals surface area contributed by atoms with Crippen molar-refractivity contribution in [3.63, 3.8) is 0 Å². The Morgan fingerprint density at radius 2 is 1.69 bits per heavy atom. The smallest absolute Gasteiger partial charge is 0.414 e. The lowest BCUT2D eigenvalue weighted by molar-refractivity contribution is 0.181. The van der Waals surface area contributed by atoms with Gasteiger partial charge in [0.05, 0.1) is 17.1 Å². The topological polar surface area (TPSA) is 75.7 Å². The van der Waals surface area contributed by atoms with Gasteiger partial charge in [0.1, 0.15) is 6.61 Å². The summed E-state index contributed by atoms with van der Waals surface area (Å²) in [7, 11) is -3.73. The van der Waals surface area contributed by atoms with Crippen molar-refractivity contribution in [1.82, 2.24) is 0 Å². The molecule has 1 fully saturated rings. The normalized spacial score (nSPS) is 15.0. The van der Waals surface area contributed by atoms with Crippen LogP contribution in [0, 0.1) is 0 Å². The SMILES string of the molecule is CC(C)(C)c1ccccc1NS(=O)(=O)c1ccc(N2CCOC2=O)cc1. The summed E-state index contributed by atoms with van der Waals surface area (Å²) < 4.78 is 33.1. The van der Waals surface area contributed by atoms with Gasteiger partial charge in [0, 0.05) is 5.69 Å². The van der Waals surface area contributed by atoms with Crippen molar-refractivity contribution in [2.24, 2.45) is 0 Å². The Labute approximate surface area is 153 Å². The maximum absolute atomic E-state index is 12.8. The number of hydrogen-bond acceptors (Lipinski definition) is 4. The van der Waals surface area contributed by atoms with Crippen LogP contribution in [0.1, 0.15) is 26.3 Å². The first-order valence-corrected chi connectivity index (χ1v) is 9.83. The van der Waals surface area contributed by atoms with Gasteiger partial charge in [0.15, 0.2) is 0 Å². The lowest BCUT2D eigenvalue weighted by Gasteiger charge is -2.23. The van der Waals surface area contributed by atoms with Gasteiger partial charge in [0.2, 0.25) is 0 Å². The van der Waals surface area contributed by atoms with Crippen LogP contribution >= 0.6 is 0 Å². The van der Waals surface area contributed by atoms with Crippen molar-refractivity contribution < 1.29 is 17.9 Å². The van der Waals surface area contributed by atoms with Gasteiger partial charge in [-0.1, -0.05) is 39.0 Å². The van der Waals surface area contributed by atoms with Crippen molar-refractivity contribution in [3.05, 3.63) is 54.1 Å². The molecule has 1 aliphatic rings. The standard InChI is InChI=1S/C19H22N2O4S/c1-19(2,3)16-6-4-5-7-17(16)20-26(23,24)15-10-8-14(9-11-15)21-12-13-25-18(21)22/h4-11,20H,12-13H2,1-3H3. The summed E-state index contributed by atoms with van der Waals surface area (Å²) in [6.07, 6.45) is -0.419. The monoisotopic (exact) mass is 374 g/mol. The van der Waals surface area contributed by atoms with E-state index in [9.17, 15) is 13.2 Å². The maximum Gasteiger partial charge on any atom is 0.414 e. The molecule has 1 aliphatic heterocycles. The Morgan fingerprint density at radius 3 is 2.27 bits per heavy atom. The Hall–Kier alpha value is -2.54. The third-order valence-electron chi connectivity index (χ3n) is 4.20. The molecule has 1 N–H and O–H groups in total. The third-order valence-corrected chi connectivity index (χ3v) is 5.58. The first-order valence-electron chi connectivity index (χ1n) is 8.35. The fraction of sp³-hybridized carbons (Fsp3) is 0.316. The summed E-state index contributed by atoms with van der Waals surface area (Å²) in [6, 6.07) is 13.6. The summed E-state index contributed by atoms with van der Waals surface area (Å²) in [5.41, 5.74) is 1.90. The van der Waals surface area contributed by atoms with E-state index in [2.05, 4.69) is 4.72 Å². The number of carbonyl (C=O) groups is 1. The Morgan fingerprint density at radius 1 is 1.04 bits per heavy atom. The minimum Gasteiger partial charge on any atom is -0.447 e. The second kappa shape index (κ2) is 6.64. The van der Waals surface area contributed by atoms with E-state index in [1.54, 1.807) is 24.3 Å². The highest BCUT2D eigenvalue weighted by atomic mass is 32.2. The lowest BCUT2D eigenvalue weighted by atomic mass is 9.86. The molecule has 1 amide bonds. The van der Waals surface area contributed by atoms with Gasteiger partial charge in [-0.15, -0.1) is 0 Å². The van der Waals surface area contributed by atoms with Crippen LogP contribution in [0.3, 0.4) is 0 Å². The van der Waals surface area contributed by atoms with Crippen LogP contribution in [-0.4, -0.2) is 27.7 Å². The van der Waals surface area contributed by atoms with E-state index in [4.69, 9.17) is 4.74 Å². The number of nitrogens with zero attached hydrogens (tertiary/aromatic N) is 1. The molecule has 0 unspecified atom stereocenters. The second-order valence-corrected chi connectivity index (χ2v) is 8.84. The molecule has 3 rings (SSSR count). The molecule has 138 valence electrons. The predicted molar refractivity (Wildman–Crippen MR) is 101 cm³/mol. The summed E-state index contributed by atoms with van der Waals surface area (Å²) in [6.45, 7) is 6.89. The van der Waals surface area contributed by atoms with E-state index < -0.39 is 16.1 Å². The third kappa shape index (κ3) is 3.67. The number of ether oxygens (including phenoxy) is 1. The molecular formula is C19H22N2O4S. The molecule has 0 atom stereocenters. The highest BCUT2D eigenvalue weighted by Crippen LogP contribution is 2.31. The number of cyclic esters (lactones) is 1. The van der Waals surface area contributed by atoms with Crippen molar-refractivity contribution in [2.75, 3.05) is 22.8 Å². The number of sulfonamides is 1. The van der Waals surface area contributed by atoms with Crippen LogP contribution in [0.2, 0.25) is 0 Å². The molecule has 1 heterocycles. The van der Waals surface area contributed by atoms with Crippen molar-refractivity contribution in [3.8, 4) is 0 Å². The van der Waals surface area contributed by atoms with Gasteiger partial charge in [-0.25, -0.2) is 13.2 Å². The molecule has 6 nitrogen and oxygen atoms in total. The second-order valence-electron chi connectivity index (χ2n) is 7.16. The van der Waals surface area contributed by atoms with E-state index in [1.807, 2.05) is 32.9 Å². The Balaban J connectivity index is 1.87. The average molecular weight is 374 g/mol. The number of carbonyl (C=O) groups excluding carboxylic acids is 1. The van der Waals surface area contributed by atoms with Gasteiger partial charge in [-0.05, 0) is 41.3 Å². The van der Waals surface area contributed by atoms with Crippen LogP contribution in [0.15, 0.2) is 53.4 Å². The van der Waals surface area contributed by atoms with Gasteiger partial charge < -0.3 is 4.74 Å². The number of benzene rings is 2. The number of para-hydroxylation sites is 1. The number of hydrogen-bond donors (Lipinski definition) is 1. The molecule has 0 saturated carbocycles. The van der Waals surface area contributed by atoms with E-state index >= 15 is 0 Å². The lowest BCUT2D eigenvalue weighted by Crippen LogP contribution is -2.23. The van der Waals surface area contributed by atoms with E-state index in [0.29, 0.717) is 24.5 Å². The molecule has 0 spiro atoms. The molecule has 1 saturated heterocycles. The molecule has 0 bridgehead atoms. The number of rotatable bonds is 4. The summed E-state index contributed by atoms with van der Waals surface area (Å²) >= 11 is 0. The minimum absolute atomic E-state index is 0.137. The van der Waals surface area contributed by atoms with Gasteiger partial charge in [0.25, 0.3) is 10.0 Å². The van der Waals surface area contributed by atoms with E-state index in [-0.39, 0.29) is 10.3 Å². The Kier molecular flexibility index (Phi) is 4.66. The molecule has 0 radical (unpaired) electrons. The van der Waals surface area contributed by atoms with Crippen LogP contribution in [0.4, 0.5) is 16.2 Å². The van der Waals surface area contributed by atoms with E-state index in [0.717, 1.165) is 5.56 Å². The fourth-order valence-corrected chi connectivity index (χ4v) is 3.94. The van der Waals surface area contributed by atoms with E-state index in [1.165, 1.54) is 17.0 Å². The Bertz CT molecular complexity index is 915. The quantitative estimate of drug-likeness (QED) is 0.884. The predicted octanol–water partition coefficient (Wildman–Crippen LogP) is 3.74. The van der Waals surface area contributed by atoms with Crippen LogP contribution in [-0.2, 0) is 20.2 Å². The average Bonchev–Trinajstić information content (AvgIpc) is 3.00. The molecule has 26 heavy (non-hydrogen) atoms. The number of nitrogens with one attached hydrogen (secondary N) is 1. The highest BCUT2D eigenvalue weighted by molar-refractivity contribution is 7.92. The minimum atomic E-state index is -3.73. The number of amides is 1. The molecule has 2 aromatic rings. The van der Waals surface area contributed by atoms with Crippen LogP contribution in [0.5, 0.6) is 0 Å². The fourth-order valence-electron chi connectivity index (χ4n) is 2.86. The zero-order valence-electron chi connectivity index (χ0n) is 15.0. The summed E-state index contributed by atoms with van der Waals surface area (Å²) in [5, 5.41) is 0. The molecule has 0 aliphatic carbocycles. The highest BCUT2D eigenvalue weighted by Gasteiger charge is 2.25. The van der Waals surface area contributed by atoms with Crippen LogP contribution < -0.4 is 9.62 Å². The van der Waals surface area contributed by atoms with Crippen molar-refractivity contribution >= 4 is 27.5 Å². The zero-order chi connectivity index (χ0) is 18.9. The van der Waals surface area contributed by atoms with Gasteiger partial charge >= 0.3 is 6.09 Å². The molecule has 0 aromatic heterocycles. The van der Waals surface area contributed by atoms with Crippen molar-refractivity contribution in [2.45, 2.75) is 31.1 Å². The van der Waals surface area contributed by atoms with Crippen molar-refractivity contribution in [1.29, 1.82) is 0 Å². The maximum atomic E-state index is 12.8. The molecule has 2 aromatic carbocycles. The molecule has 7 heteroatoms. The largest absolute Gasteiger partial charge is 0.447 e.